The topological polar surface area (TPSA) is 24.9 Å². The van der Waals surface area contributed by atoms with Gasteiger partial charge < -0.3 is 9.47 Å². The van der Waals surface area contributed by atoms with Crippen molar-refractivity contribution in [3.05, 3.63) is 0 Å². The Morgan fingerprint density at radius 2 is 1.72 bits per heavy atom. The predicted molar refractivity (Wildman–Crippen MR) is 75.1 cm³/mol. The molecule has 18 heavy (non-hydrogen) atoms. The summed E-state index contributed by atoms with van der Waals surface area (Å²) in [6.07, 6.45) is 0. The van der Waals surface area contributed by atoms with Crippen molar-refractivity contribution in [3.8, 4) is 0 Å². The average molecular weight is 258 g/mol. The van der Waals surface area contributed by atoms with Gasteiger partial charge in [0.15, 0.2) is 0 Å². The smallest absolute Gasteiger partial charge is 0.0859 e. The number of methoxy groups -OCH3 is 1. The molecule has 0 N–H and O–H groups in total. The van der Waals surface area contributed by atoms with Gasteiger partial charge in [0, 0.05) is 45.9 Å². The molecular formula is C14H30N2O2. The van der Waals surface area contributed by atoms with Gasteiger partial charge in [-0.05, 0) is 27.7 Å². The number of piperazine rings is 1. The minimum absolute atomic E-state index is 0.172. The summed E-state index contributed by atoms with van der Waals surface area (Å²) in [5, 5.41) is 0. The highest BCUT2D eigenvalue weighted by atomic mass is 16.5. The Morgan fingerprint density at radius 1 is 1.11 bits per heavy atom. The minimum Gasteiger partial charge on any atom is -0.382 e. The van der Waals surface area contributed by atoms with Gasteiger partial charge in [0.1, 0.15) is 0 Å². The van der Waals surface area contributed by atoms with Crippen molar-refractivity contribution in [2.24, 2.45) is 0 Å². The summed E-state index contributed by atoms with van der Waals surface area (Å²) in [5.41, 5.74) is -0.172. The van der Waals surface area contributed by atoms with E-state index in [9.17, 15) is 0 Å². The molecule has 4 nitrogen and oxygen atoms in total. The lowest BCUT2D eigenvalue weighted by Crippen LogP contribution is -2.49. The summed E-state index contributed by atoms with van der Waals surface area (Å²) < 4.78 is 11.0. The van der Waals surface area contributed by atoms with Crippen molar-refractivity contribution in [2.45, 2.75) is 39.3 Å². The maximum Gasteiger partial charge on any atom is 0.0859 e. The molecule has 0 aliphatic carbocycles. The zero-order valence-electron chi connectivity index (χ0n) is 12.7. The number of rotatable bonds is 7. The fourth-order valence-corrected chi connectivity index (χ4v) is 2.34. The van der Waals surface area contributed by atoms with E-state index >= 15 is 0 Å². The molecule has 0 radical (unpaired) electrons. The molecule has 0 amide bonds. The van der Waals surface area contributed by atoms with Crippen LogP contribution in [0.3, 0.4) is 0 Å². The van der Waals surface area contributed by atoms with E-state index in [1.807, 2.05) is 0 Å². The second-order valence-corrected chi connectivity index (χ2v) is 6.01. The van der Waals surface area contributed by atoms with Gasteiger partial charge in [-0.25, -0.2) is 0 Å². The van der Waals surface area contributed by atoms with Crippen LogP contribution >= 0.6 is 0 Å². The van der Waals surface area contributed by atoms with Crippen LogP contribution in [0, 0.1) is 0 Å². The van der Waals surface area contributed by atoms with Crippen LogP contribution in [-0.2, 0) is 9.47 Å². The molecular weight excluding hydrogens is 228 g/mol. The maximum atomic E-state index is 5.87. The first kappa shape index (κ1) is 15.9. The van der Waals surface area contributed by atoms with Gasteiger partial charge in [-0.2, -0.15) is 0 Å². The molecule has 0 unspecified atom stereocenters. The first-order chi connectivity index (χ1) is 8.44. The van der Waals surface area contributed by atoms with Crippen LogP contribution in [0.2, 0.25) is 0 Å². The molecule has 4 heteroatoms. The van der Waals surface area contributed by atoms with Crippen LogP contribution in [-0.4, -0.2) is 74.5 Å². The van der Waals surface area contributed by atoms with Crippen LogP contribution in [0.4, 0.5) is 0 Å². The summed E-state index contributed by atoms with van der Waals surface area (Å²) in [4.78, 5) is 5.02. The first-order valence-corrected chi connectivity index (χ1v) is 7.04. The second kappa shape index (κ2) is 7.43. The second-order valence-electron chi connectivity index (χ2n) is 6.01. The monoisotopic (exact) mass is 258 g/mol. The Hall–Kier alpha value is -0.160. The molecule has 108 valence electrons. The first-order valence-electron chi connectivity index (χ1n) is 7.04. The fraction of sp³-hybridized carbons (Fsp3) is 1.00. The average Bonchev–Trinajstić information content (AvgIpc) is 2.29. The third-order valence-electron chi connectivity index (χ3n) is 3.53. The Labute approximate surface area is 112 Å². The molecule has 1 heterocycles. The molecule has 1 saturated heterocycles. The van der Waals surface area contributed by atoms with Gasteiger partial charge in [0.05, 0.1) is 18.8 Å². The Bertz CT molecular complexity index is 224. The number of nitrogens with zero attached hydrogens (tertiary/aromatic N) is 2. The summed E-state index contributed by atoms with van der Waals surface area (Å²) in [6, 6.07) is 0.670. The lowest BCUT2D eigenvalue weighted by Gasteiger charge is -2.37. The lowest BCUT2D eigenvalue weighted by atomic mass is 10.1. The molecule has 1 fully saturated rings. The van der Waals surface area contributed by atoms with E-state index in [2.05, 4.69) is 37.5 Å². The van der Waals surface area contributed by atoms with Crippen LogP contribution in [0.1, 0.15) is 27.7 Å². The summed E-state index contributed by atoms with van der Waals surface area (Å²) in [5.74, 6) is 0. The van der Waals surface area contributed by atoms with Gasteiger partial charge in [-0.15, -0.1) is 0 Å². The zero-order valence-corrected chi connectivity index (χ0v) is 12.7. The predicted octanol–water partition coefficient (Wildman–Crippen LogP) is 1.45. The Balaban J connectivity index is 2.14. The van der Waals surface area contributed by atoms with E-state index in [4.69, 9.17) is 9.47 Å². The van der Waals surface area contributed by atoms with E-state index in [-0.39, 0.29) is 5.60 Å². The largest absolute Gasteiger partial charge is 0.382 e. The summed E-state index contributed by atoms with van der Waals surface area (Å²) in [6.45, 7) is 15.8. The van der Waals surface area contributed by atoms with Gasteiger partial charge in [0.2, 0.25) is 0 Å². The van der Waals surface area contributed by atoms with Gasteiger partial charge in [-0.1, -0.05) is 0 Å². The van der Waals surface area contributed by atoms with Crippen molar-refractivity contribution < 1.29 is 9.47 Å². The highest BCUT2D eigenvalue weighted by Gasteiger charge is 2.21. The van der Waals surface area contributed by atoms with Crippen LogP contribution in [0.15, 0.2) is 0 Å². The minimum atomic E-state index is -0.172. The van der Waals surface area contributed by atoms with E-state index in [0.717, 1.165) is 26.2 Å². The van der Waals surface area contributed by atoms with Crippen molar-refractivity contribution in [1.82, 2.24) is 9.80 Å². The number of ether oxygens (including phenoxy) is 2. The lowest BCUT2D eigenvalue weighted by molar-refractivity contribution is -0.0716. The standard InChI is InChI=1S/C14H30N2O2/c1-13(2)16-8-6-15(7-9-16)10-11-18-14(3,4)12-17-5/h13H,6-12H2,1-5H3. The van der Waals surface area contributed by atoms with Crippen molar-refractivity contribution in [3.63, 3.8) is 0 Å². The van der Waals surface area contributed by atoms with E-state index in [0.29, 0.717) is 12.6 Å². The molecule has 0 bridgehead atoms. The number of hydrogen-bond donors (Lipinski definition) is 0. The quantitative estimate of drug-likeness (QED) is 0.690. The van der Waals surface area contributed by atoms with Crippen LogP contribution in [0.5, 0.6) is 0 Å². The molecule has 0 spiro atoms. The molecule has 0 atom stereocenters. The molecule has 0 aromatic rings. The molecule has 0 saturated carbocycles. The van der Waals surface area contributed by atoms with Crippen LogP contribution < -0.4 is 0 Å². The summed E-state index contributed by atoms with van der Waals surface area (Å²) in [7, 11) is 1.72. The molecule has 1 aliphatic rings. The Kier molecular flexibility index (Phi) is 6.57. The molecule has 0 aromatic heterocycles. The van der Waals surface area contributed by atoms with E-state index in [1.165, 1.54) is 13.1 Å². The fourth-order valence-electron chi connectivity index (χ4n) is 2.34. The van der Waals surface area contributed by atoms with Gasteiger partial charge in [0.25, 0.3) is 0 Å². The third kappa shape index (κ3) is 5.65. The molecule has 1 aliphatic heterocycles. The highest BCUT2D eigenvalue weighted by molar-refractivity contribution is 4.74. The van der Waals surface area contributed by atoms with Crippen molar-refractivity contribution >= 4 is 0 Å². The maximum absolute atomic E-state index is 5.87. The molecule has 0 aromatic carbocycles. The van der Waals surface area contributed by atoms with E-state index in [1.54, 1.807) is 7.11 Å². The summed E-state index contributed by atoms with van der Waals surface area (Å²) >= 11 is 0. The van der Waals surface area contributed by atoms with Crippen LogP contribution in [0.25, 0.3) is 0 Å². The molecule has 1 rings (SSSR count). The Morgan fingerprint density at radius 3 is 2.22 bits per heavy atom. The zero-order chi connectivity index (χ0) is 13.6. The normalized spacial score (nSPS) is 19.7. The highest BCUT2D eigenvalue weighted by Crippen LogP contribution is 2.10. The van der Waals surface area contributed by atoms with E-state index < -0.39 is 0 Å². The third-order valence-corrected chi connectivity index (χ3v) is 3.53. The van der Waals surface area contributed by atoms with Crippen molar-refractivity contribution in [2.75, 3.05) is 53.0 Å². The van der Waals surface area contributed by atoms with Gasteiger partial charge >= 0.3 is 0 Å². The number of hydrogen-bond acceptors (Lipinski definition) is 4. The van der Waals surface area contributed by atoms with Gasteiger partial charge in [-0.3, -0.25) is 9.80 Å². The SMILES string of the molecule is COCC(C)(C)OCCN1CCN(C(C)C)CC1. The van der Waals surface area contributed by atoms with Crippen molar-refractivity contribution in [1.29, 1.82) is 0 Å².